The molecular formula is C20H23N5O5. The maximum atomic E-state index is 13.0. The molecule has 2 aliphatic heterocycles. The van der Waals surface area contributed by atoms with E-state index in [1.54, 1.807) is 44.2 Å². The maximum Gasteiger partial charge on any atom is 0.344 e. The molecule has 10 nitrogen and oxygen atoms in total. The number of hydrogen-bond donors (Lipinski definition) is 3. The summed E-state index contributed by atoms with van der Waals surface area (Å²) in [4.78, 5) is 63.7. The van der Waals surface area contributed by atoms with Gasteiger partial charge in [-0.25, -0.2) is 9.59 Å². The lowest BCUT2D eigenvalue weighted by atomic mass is 9.87. The van der Waals surface area contributed by atoms with E-state index in [1.807, 2.05) is 0 Å². The van der Waals surface area contributed by atoms with Gasteiger partial charge in [-0.1, -0.05) is 37.3 Å². The maximum absolute atomic E-state index is 13.0. The van der Waals surface area contributed by atoms with E-state index in [0.717, 1.165) is 17.7 Å². The molecule has 2 atom stereocenters. The Hall–Kier alpha value is -3.43. The number of nitrogens with zero attached hydrogens (tertiary/aromatic N) is 2. The standard InChI is InChI=1S/C20H23N5O5/c1-3-20(13-7-5-4-6-8-13)16(28)25(18(30)22-20)23-14(26)11-24-15(27)19(2,12-9-10-12)21-17(24)29/h4-8,12H,3,9-11H2,1-2H3,(H,21,29)(H,22,30)(H,23,26)/t19-,20-/m0/s1. The van der Waals surface area contributed by atoms with E-state index in [1.165, 1.54) is 0 Å². The zero-order valence-electron chi connectivity index (χ0n) is 16.7. The third kappa shape index (κ3) is 2.90. The summed E-state index contributed by atoms with van der Waals surface area (Å²) < 4.78 is 0. The summed E-state index contributed by atoms with van der Waals surface area (Å²) in [5.41, 5.74) is 0.525. The van der Waals surface area contributed by atoms with Crippen LogP contribution in [0.2, 0.25) is 0 Å². The van der Waals surface area contributed by atoms with Crippen LogP contribution in [0.4, 0.5) is 9.59 Å². The van der Waals surface area contributed by atoms with E-state index < -0.39 is 47.4 Å². The van der Waals surface area contributed by atoms with Crippen LogP contribution in [0.5, 0.6) is 0 Å². The average molecular weight is 413 g/mol. The van der Waals surface area contributed by atoms with Gasteiger partial charge in [-0.15, -0.1) is 0 Å². The zero-order chi connectivity index (χ0) is 21.7. The molecule has 0 unspecified atom stereocenters. The molecule has 7 amide bonds. The van der Waals surface area contributed by atoms with E-state index in [-0.39, 0.29) is 12.3 Å². The van der Waals surface area contributed by atoms with Crippen LogP contribution in [0.15, 0.2) is 30.3 Å². The van der Waals surface area contributed by atoms with Gasteiger partial charge in [-0.3, -0.25) is 24.7 Å². The van der Waals surface area contributed by atoms with E-state index in [9.17, 15) is 24.0 Å². The van der Waals surface area contributed by atoms with Crippen LogP contribution in [0, 0.1) is 5.92 Å². The van der Waals surface area contributed by atoms with E-state index in [4.69, 9.17) is 0 Å². The van der Waals surface area contributed by atoms with Gasteiger partial charge in [-0.2, -0.15) is 5.01 Å². The molecule has 2 saturated heterocycles. The first-order chi connectivity index (χ1) is 14.2. The highest BCUT2D eigenvalue weighted by Gasteiger charge is 2.57. The predicted molar refractivity (Wildman–Crippen MR) is 103 cm³/mol. The number of imide groups is 2. The monoisotopic (exact) mass is 413 g/mol. The van der Waals surface area contributed by atoms with Crippen molar-refractivity contribution in [3.05, 3.63) is 35.9 Å². The minimum Gasteiger partial charge on any atom is -0.323 e. The summed E-state index contributed by atoms with van der Waals surface area (Å²) in [6.45, 7) is 2.81. The first-order valence-electron chi connectivity index (χ1n) is 9.88. The molecule has 1 saturated carbocycles. The van der Waals surface area contributed by atoms with Crippen molar-refractivity contribution >= 4 is 29.8 Å². The fourth-order valence-electron chi connectivity index (χ4n) is 4.14. The Bertz CT molecular complexity index is 946. The Kier molecular flexibility index (Phi) is 4.52. The van der Waals surface area contributed by atoms with Crippen molar-refractivity contribution in [2.45, 2.75) is 44.2 Å². The molecule has 3 aliphatic rings. The first-order valence-corrected chi connectivity index (χ1v) is 9.88. The van der Waals surface area contributed by atoms with Crippen molar-refractivity contribution in [2.75, 3.05) is 6.54 Å². The van der Waals surface area contributed by atoms with Gasteiger partial charge in [0.2, 0.25) is 0 Å². The molecule has 0 bridgehead atoms. The number of benzene rings is 1. The van der Waals surface area contributed by atoms with Crippen LogP contribution in [0.3, 0.4) is 0 Å². The zero-order valence-corrected chi connectivity index (χ0v) is 16.7. The lowest BCUT2D eigenvalue weighted by Crippen LogP contribution is -2.52. The normalized spacial score (nSPS) is 28.6. The van der Waals surface area contributed by atoms with Gasteiger partial charge in [-0.05, 0) is 37.7 Å². The minimum absolute atomic E-state index is 0.0593. The smallest absolute Gasteiger partial charge is 0.323 e. The Labute approximate surface area is 172 Å². The van der Waals surface area contributed by atoms with Crippen LogP contribution >= 0.6 is 0 Å². The molecule has 2 heterocycles. The summed E-state index contributed by atoms with van der Waals surface area (Å²) >= 11 is 0. The first kappa shape index (κ1) is 19.9. The van der Waals surface area contributed by atoms with Gasteiger partial charge in [0.25, 0.3) is 17.7 Å². The lowest BCUT2D eigenvalue weighted by molar-refractivity contribution is -0.141. The molecule has 0 spiro atoms. The number of amides is 7. The largest absolute Gasteiger partial charge is 0.344 e. The number of urea groups is 2. The van der Waals surface area contributed by atoms with Gasteiger partial charge >= 0.3 is 12.1 Å². The van der Waals surface area contributed by atoms with Crippen molar-refractivity contribution in [3.63, 3.8) is 0 Å². The Morgan fingerprint density at radius 1 is 1.07 bits per heavy atom. The van der Waals surface area contributed by atoms with Crippen LogP contribution in [-0.2, 0) is 19.9 Å². The molecule has 1 aromatic carbocycles. The van der Waals surface area contributed by atoms with E-state index in [2.05, 4.69) is 16.1 Å². The molecule has 4 rings (SSSR count). The second kappa shape index (κ2) is 6.82. The number of carbonyl (C=O) groups excluding carboxylic acids is 5. The highest BCUT2D eigenvalue weighted by Crippen LogP contribution is 2.42. The van der Waals surface area contributed by atoms with Crippen LogP contribution in [0.25, 0.3) is 0 Å². The Balaban J connectivity index is 1.47. The highest BCUT2D eigenvalue weighted by atomic mass is 16.2. The number of hydrazine groups is 1. The summed E-state index contributed by atoms with van der Waals surface area (Å²) in [5.74, 6) is -1.87. The second-order valence-corrected chi connectivity index (χ2v) is 8.03. The molecule has 0 radical (unpaired) electrons. The summed E-state index contributed by atoms with van der Waals surface area (Å²) in [5, 5.41) is 5.91. The van der Waals surface area contributed by atoms with Gasteiger partial charge < -0.3 is 10.6 Å². The Morgan fingerprint density at radius 2 is 1.73 bits per heavy atom. The number of carbonyl (C=O) groups is 5. The third-order valence-electron chi connectivity index (χ3n) is 6.12. The molecular weight excluding hydrogens is 390 g/mol. The fourth-order valence-corrected chi connectivity index (χ4v) is 4.14. The number of rotatable bonds is 6. The quantitative estimate of drug-likeness (QED) is 0.588. The molecule has 10 heteroatoms. The number of nitrogens with one attached hydrogen (secondary N) is 3. The van der Waals surface area contributed by atoms with Gasteiger partial charge in [0, 0.05) is 0 Å². The topological polar surface area (TPSA) is 128 Å². The van der Waals surface area contributed by atoms with Crippen molar-refractivity contribution in [3.8, 4) is 0 Å². The van der Waals surface area contributed by atoms with Gasteiger partial charge in [0.15, 0.2) is 0 Å². The SMILES string of the molecule is CC[C@@]1(c2ccccc2)NC(=O)N(NC(=O)CN2C(=O)N[C@@](C)(C3CC3)C2=O)C1=O. The van der Waals surface area contributed by atoms with Crippen LogP contribution in [-0.4, -0.2) is 51.8 Å². The van der Waals surface area contributed by atoms with Crippen molar-refractivity contribution in [1.82, 2.24) is 26.0 Å². The van der Waals surface area contributed by atoms with E-state index >= 15 is 0 Å². The fraction of sp³-hybridized carbons (Fsp3) is 0.450. The molecule has 0 aromatic heterocycles. The highest BCUT2D eigenvalue weighted by molar-refractivity contribution is 6.11. The third-order valence-corrected chi connectivity index (χ3v) is 6.12. The molecule has 1 aromatic rings. The van der Waals surface area contributed by atoms with Gasteiger partial charge in [0.1, 0.15) is 17.6 Å². The number of hydrogen-bond acceptors (Lipinski definition) is 5. The Morgan fingerprint density at radius 3 is 2.33 bits per heavy atom. The second-order valence-electron chi connectivity index (χ2n) is 8.03. The average Bonchev–Trinajstić information content (AvgIpc) is 3.53. The molecule has 158 valence electrons. The minimum atomic E-state index is -1.29. The van der Waals surface area contributed by atoms with Gasteiger partial charge in [0.05, 0.1) is 0 Å². The summed E-state index contributed by atoms with van der Waals surface area (Å²) in [6.07, 6.45) is 1.95. The summed E-state index contributed by atoms with van der Waals surface area (Å²) in [6, 6.07) is 7.30. The van der Waals surface area contributed by atoms with Crippen molar-refractivity contribution in [1.29, 1.82) is 0 Å². The molecule has 3 N–H and O–H groups in total. The predicted octanol–water partition coefficient (Wildman–Crippen LogP) is 0.595. The van der Waals surface area contributed by atoms with Crippen molar-refractivity contribution in [2.24, 2.45) is 5.92 Å². The lowest BCUT2D eigenvalue weighted by Gasteiger charge is -2.25. The van der Waals surface area contributed by atoms with E-state index in [0.29, 0.717) is 10.6 Å². The molecule has 1 aliphatic carbocycles. The summed E-state index contributed by atoms with van der Waals surface area (Å²) in [7, 11) is 0. The van der Waals surface area contributed by atoms with Crippen LogP contribution < -0.4 is 16.1 Å². The van der Waals surface area contributed by atoms with Crippen LogP contribution in [0.1, 0.15) is 38.7 Å². The van der Waals surface area contributed by atoms with Crippen molar-refractivity contribution < 1.29 is 24.0 Å². The molecule has 3 fully saturated rings. The molecule has 30 heavy (non-hydrogen) atoms.